The minimum absolute atomic E-state index is 0.0253. The number of sulfonamides is 1. The molecule has 26 heavy (non-hydrogen) atoms. The van der Waals surface area contributed by atoms with Crippen LogP contribution in [0.5, 0.6) is 0 Å². The number of hydrogen-bond acceptors (Lipinski definition) is 4. The predicted octanol–water partition coefficient (Wildman–Crippen LogP) is 3.85. The maximum atomic E-state index is 14.1. The summed E-state index contributed by atoms with van der Waals surface area (Å²) in [5, 5.41) is 1.90. The molecule has 136 valence electrons. The Hall–Kier alpha value is -2.16. The second kappa shape index (κ2) is 8.03. The number of benzene rings is 1. The molecule has 0 unspecified atom stereocenters. The van der Waals surface area contributed by atoms with Crippen molar-refractivity contribution < 1.29 is 17.2 Å². The van der Waals surface area contributed by atoms with Crippen LogP contribution >= 0.6 is 11.3 Å². The lowest BCUT2D eigenvalue weighted by molar-refractivity contribution is 0.405. The molecule has 0 aliphatic heterocycles. The molecule has 0 N–H and O–H groups in total. The zero-order chi connectivity index (χ0) is 18.6. The maximum absolute atomic E-state index is 14.1. The van der Waals surface area contributed by atoms with Crippen molar-refractivity contribution in [2.75, 3.05) is 6.54 Å². The molecule has 0 spiro atoms. The Labute approximate surface area is 154 Å². The van der Waals surface area contributed by atoms with Gasteiger partial charge in [-0.3, -0.25) is 4.98 Å². The minimum atomic E-state index is -4.21. The van der Waals surface area contributed by atoms with Gasteiger partial charge in [-0.2, -0.15) is 4.31 Å². The second-order valence-corrected chi connectivity index (χ2v) is 8.54. The standard InChI is InChI=1S/C18H16F2N2O2S2/c19-15-5-6-17(20)18(11-15)26(23,24)22(9-7-16-4-2-10-25-16)13-14-3-1-8-21-12-14/h1-6,8,10-12H,7,9,13H2. The second-order valence-electron chi connectivity index (χ2n) is 5.60. The van der Waals surface area contributed by atoms with Crippen LogP contribution in [0, 0.1) is 11.6 Å². The van der Waals surface area contributed by atoms with Gasteiger partial charge in [-0.25, -0.2) is 17.2 Å². The zero-order valence-corrected chi connectivity index (χ0v) is 15.3. The molecule has 2 heterocycles. The van der Waals surface area contributed by atoms with E-state index < -0.39 is 26.6 Å². The van der Waals surface area contributed by atoms with Gasteiger partial charge in [-0.1, -0.05) is 12.1 Å². The number of nitrogens with zero attached hydrogens (tertiary/aromatic N) is 2. The van der Waals surface area contributed by atoms with Crippen LogP contribution in [0.4, 0.5) is 8.78 Å². The number of aromatic nitrogens is 1. The van der Waals surface area contributed by atoms with Crippen molar-refractivity contribution in [1.82, 2.24) is 9.29 Å². The summed E-state index contributed by atoms with van der Waals surface area (Å²) in [6.07, 6.45) is 3.61. The number of pyridine rings is 1. The van der Waals surface area contributed by atoms with E-state index >= 15 is 0 Å². The lowest BCUT2D eigenvalue weighted by Crippen LogP contribution is -2.33. The predicted molar refractivity (Wildman–Crippen MR) is 96.2 cm³/mol. The first kappa shape index (κ1) is 18.6. The maximum Gasteiger partial charge on any atom is 0.246 e. The van der Waals surface area contributed by atoms with Crippen molar-refractivity contribution in [1.29, 1.82) is 0 Å². The highest BCUT2D eigenvalue weighted by molar-refractivity contribution is 7.89. The molecule has 3 aromatic rings. The fraction of sp³-hybridized carbons (Fsp3) is 0.167. The molecule has 0 radical (unpaired) electrons. The van der Waals surface area contributed by atoms with Gasteiger partial charge in [0.05, 0.1) is 0 Å². The van der Waals surface area contributed by atoms with Gasteiger partial charge in [-0.05, 0) is 47.7 Å². The van der Waals surface area contributed by atoms with Crippen LogP contribution in [0.1, 0.15) is 10.4 Å². The van der Waals surface area contributed by atoms with Gasteiger partial charge in [0.2, 0.25) is 10.0 Å². The Morgan fingerprint density at radius 2 is 1.96 bits per heavy atom. The van der Waals surface area contributed by atoms with E-state index in [0.29, 0.717) is 18.1 Å². The van der Waals surface area contributed by atoms with E-state index in [-0.39, 0.29) is 13.1 Å². The van der Waals surface area contributed by atoms with Crippen LogP contribution in [0.3, 0.4) is 0 Å². The van der Waals surface area contributed by atoms with Crippen LogP contribution in [0.2, 0.25) is 0 Å². The van der Waals surface area contributed by atoms with Crippen LogP contribution in [0.25, 0.3) is 0 Å². The molecule has 2 aromatic heterocycles. The highest BCUT2D eigenvalue weighted by Gasteiger charge is 2.28. The van der Waals surface area contributed by atoms with Gasteiger partial charge in [0.15, 0.2) is 0 Å². The Morgan fingerprint density at radius 3 is 2.65 bits per heavy atom. The third-order valence-electron chi connectivity index (χ3n) is 3.78. The van der Waals surface area contributed by atoms with E-state index in [1.54, 1.807) is 24.5 Å². The quantitative estimate of drug-likeness (QED) is 0.612. The SMILES string of the molecule is O=S(=O)(c1cc(F)ccc1F)N(CCc1cccs1)Cc1cccnc1. The number of halogens is 2. The van der Waals surface area contributed by atoms with Crippen molar-refractivity contribution in [2.45, 2.75) is 17.9 Å². The molecule has 4 nitrogen and oxygen atoms in total. The molecule has 1 aromatic carbocycles. The highest BCUT2D eigenvalue weighted by Crippen LogP contribution is 2.23. The molecule has 0 bridgehead atoms. The van der Waals surface area contributed by atoms with Gasteiger partial charge in [0.1, 0.15) is 16.5 Å². The summed E-state index contributed by atoms with van der Waals surface area (Å²) in [4.78, 5) is 4.33. The molecule has 8 heteroatoms. The first-order valence-electron chi connectivity index (χ1n) is 7.83. The summed E-state index contributed by atoms with van der Waals surface area (Å²) < 4.78 is 54.7. The molecule has 0 atom stereocenters. The largest absolute Gasteiger partial charge is 0.264 e. The molecule has 0 aliphatic rings. The molecule has 0 saturated heterocycles. The van der Waals surface area contributed by atoms with E-state index in [0.717, 1.165) is 21.3 Å². The summed E-state index contributed by atoms with van der Waals surface area (Å²) in [5.41, 5.74) is 0.666. The Balaban J connectivity index is 1.93. The summed E-state index contributed by atoms with van der Waals surface area (Å²) in [7, 11) is -4.21. The van der Waals surface area contributed by atoms with Crippen molar-refractivity contribution in [2.24, 2.45) is 0 Å². The number of rotatable bonds is 7. The minimum Gasteiger partial charge on any atom is -0.264 e. The Bertz CT molecular complexity index is 962. The first-order chi connectivity index (χ1) is 12.5. The molecule has 3 rings (SSSR count). The Morgan fingerprint density at radius 1 is 1.12 bits per heavy atom. The third-order valence-corrected chi connectivity index (χ3v) is 6.58. The van der Waals surface area contributed by atoms with Crippen LogP contribution in [-0.2, 0) is 23.0 Å². The van der Waals surface area contributed by atoms with Gasteiger partial charge >= 0.3 is 0 Å². The zero-order valence-electron chi connectivity index (χ0n) is 13.7. The lowest BCUT2D eigenvalue weighted by Gasteiger charge is -2.22. The fourth-order valence-electron chi connectivity index (χ4n) is 2.48. The van der Waals surface area contributed by atoms with E-state index in [9.17, 15) is 17.2 Å². The van der Waals surface area contributed by atoms with Gasteiger partial charge in [0.25, 0.3) is 0 Å². The van der Waals surface area contributed by atoms with E-state index in [4.69, 9.17) is 0 Å². The summed E-state index contributed by atoms with van der Waals surface area (Å²) >= 11 is 1.52. The molecule has 0 fully saturated rings. The molecule has 0 aliphatic carbocycles. The molecule has 0 amide bonds. The van der Waals surface area contributed by atoms with Crippen LogP contribution < -0.4 is 0 Å². The van der Waals surface area contributed by atoms with Crippen LogP contribution in [0.15, 0.2) is 65.1 Å². The highest BCUT2D eigenvalue weighted by atomic mass is 32.2. The van der Waals surface area contributed by atoms with E-state index in [2.05, 4.69) is 4.98 Å². The average molecular weight is 394 g/mol. The lowest BCUT2D eigenvalue weighted by atomic mass is 10.3. The first-order valence-corrected chi connectivity index (χ1v) is 10.2. The van der Waals surface area contributed by atoms with Crippen molar-refractivity contribution in [3.05, 3.63) is 82.3 Å². The molecular weight excluding hydrogens is 378 g/mol. The van der Waals surface area contributed by atoms with Gasteiger partial charge in [-0.15, -0.1) is 11.3 Å². The van der Waals surface area contributed by atoms with E-state index in [1.165, 1.54) is 11.3 Å². The summed E-state index contributed by atoms with van der Waals surface area (Å²) in [6, 6.07) is 9.65. The van der Waals surface area contributed by atoms with Gasteiger partial charge in [0, 0.05) is 30.4 Å². The monoisotopic (exact) mass is 394 g/mol. The van der Waals surface area contributed by atoms with E-state index in [1.807, 2.05) is 17.5 Å². The third kappa shape index (κ3) is 4.32. The topological polar surface area (TPSA) is 50.3 Å². The smallest absolute Gasteiger partial charge is 0.246 e. The summed E-state index contributed by atoms with van der Waals surface area (Å²) in [6.45, 7) is 0.172. The van der Waals surface area contributed by atoms with Crippen LogP contribution in [-0.4, -0.2) is 24.3 Å². The number of hydrogen-bond donors (Lipinski definition) is 0. The fourth-order valence-corrected chi connectivity index (χ4v) is 4.69. The molecular formula is C18H16F2N2O2S2. The average Bonchev–Trinajstić information content (AvgIpc) is 3.15. The van der Waals surface area contributed by atoms with Crippen molar-refractivity contribution >= 4 is 21.4 Å². The Kier molecular flexibility index (Phi) is 5.75. The van der Waals surface area contributed by atoms with Crippen molar-refractivity contribution in [3.8, 4) is 0 Å². The van der Waals surface area contributed by atoms with Gasteiger partial charge < -0.3 is 0 Å². The van der Waals surface area contributed by atoms with Crippen molar-refractivity contribution in [3.63, 3.8) is 0 Å². The summed E-state index contributed by atoms with van der Waals surface area (Å²) in [5.74, 6) is -1.77. The number of thiophene rings is 1. The normalized spacial score (nSPS) is 11.8. The molecule has 0 saturated carbocycles.